The summed E-state index contributed by atoms with van der Waals surface area (Å²) in [5.74, 6) is 0.400. The Morgan fingerprint density at radius 3 is 2.65 bits per heavy atom. The summed E-state index contributed by atoms with van der Waals surface area (Å²) < 4.78 is 0. The Kier molecular flexibility index (Phi) is 7.72. The maximum atomic E-state index is 14.0. The third-order valence-corrected chi connectivity index (χ3v) is 7.38. The van der Waals surface area contributed by atoms with Crippen LogP contribution in [0.3, 0.4) is 0 Å². The first-order valence-corrected chi connectivity index (χ1v) is 11.8. The molecule has 1 aliphatic heterocycles. The van der Waals surface area contributed by atoms with Crippen LogP contribution in [0.15, 0.2) is 60.2 Å². The molecule has 1 heterocycles. The highest BCUT2D eigenvalue weighted by atomic mass is 35.5. The van der Waals surface area contributed by atoms with E-state index in [-0.39, 0.29) is 42.4 Å². The third-order valence-electron chi connectivity index (χ3n) is 6.87. The predicted molar refractivity (Wildman–Crippen MR) is 129 cm³/mol. The summed E-state index contributed by atoms with van der Waals surface area (Å²) in [7, 11) is 0. The minimum absolute atomic E-state index is 0.0701. The smallest absolute Gasteiger partial charge is 0.229 e. The van der Waals surface area contributed by atoms with Crippen LogP contribution in [0.5, 0.6) is 0 Å². The highest BCUT2D eigenvalue weighted by Gasteiger charge is 2.52. The molecule has 2 aliphatic rings. The molecule has 3 nitrogen and oxygen atoms in total. The Morgan fingerprint density at radius 1 is 1.35 bits per heavy atom. The topological polar surface area (TPSA) is 40.5 Å². The molecule has 0 saturated carbocycles. The molecule has 1 fully saturated rings. The molecule has 168 valence electrons. The van der Waals surface area contributed by atoms with Crippen LogP contribution in [-0.4, -0.2) is 34.6 Å². The number of halogens is 2. The first kappa shape index (κ1) is 24.1. The molecule has 31 heavy (non-hydrogen) atoms. The maximum absolute atomic E-state index is 14.0. The van der Waals surface area contributed by atoms with Gasteiger partial charge in [-0.25, -0.2) is 0 Å². The van der Waals surface area contributed by atoms with Gasteiger partial charge in [-0.2, -0.15) is 0 Å². The van der Waals surface area contributed by atoms with Gasteiger partial charge in [0.2, 0.25) is 5.91 Å². The molecule has 0 spiro atoms. The number of benzene rings is 1. The summed E-state index contributed by atoms with van der Waals surface area (Å²) >= 11 is 12.6. The summed E-state index contributed by atoms with van der Waals surface area (Å²) in [5, 5.41) is 11.8. The average Bonchev–Trinajstić information content (AvgIpc) is 2.72. The van der Waals surface area contributed by atoms with Crippen molar-refractivity contribution in [3.8, 4) is 0 Å². The Bertz CT molecular complexity index is 878. The average molecular weight is 462 g/mol. The molecule has 1 aromatic rings. The number of likely N-dealkylation sites (tertiary alicyclic amines) is 1. The van der Waals surface area contributed by atoms with Gasteiger partial charge in [-0.3, -0.25) is 4.79 Å². The number of hydrogen-bond acceptors (Lipinski definition) is 2. The zero-order valence-corrected chi connectivity index (χ0v) is 20.1. The monoisotopic (exact) mass is 461 g/mol. The summed E-state index contributed by atoms with van der Waals surface area (Å²) in [4.78, 5) is 16.0. The number of hydrogen-bond donors (Lipinski definition) is 1. The lowest BCUT2D eigenvalue weighted by atomic mass is 9.65. The standard InChI is InChI=1S/C26H33Cl2NO2/c1-5-13-26(4)15-22(19-7-6-8-21(28)14-19)24(18-9-11-20(27)12-10-18)29(25(26)31)23(16-30)17(2)3/h5-9,11-12,14,17-18,22-24,30H,1,10,13,15-16H2,2-4H3/t18?,22-,23-,24-,26+/m1/s1. The fraction of sp³-hybridized carbons (Fsp3) is 0.500. The molecule has 1 unspecified atom stereocenters. The van der Waals surface area contributed by atoms with Crippen LogP contribution in [0.2, 0.25) is 5.02 Å². The molecule has 1 saturated heterocycles. The van der Waals surface area contributed by atoms with Crippen molar-refractivity contribution in [2.45, 2.75) is 58.0 Å². The van der Waals surface area contributed by atoms with Crippen LogP contribution in [-0.2, 0) is 4.79 Å². The minimum atomic E-state index is -0.584. The van der Waals surface area contributed by atoms with E-state index in [2.05, 4.69) is 32.6 Å². The number of carbonyl (C=O) groups excluding carboxylic acids is 1. The fourth-order valence-corrected chi connectivity index (χ4v) is 5.60. The summed E-state index contributed by atoms with van der Waals surface area (Å²) in [6, 6.07) is 7.60. The largest absolute Gasteiger partial charge is 0.394 e. The Balaban J connectivity index is 2.17. The van der Waals surface area contributed by atoms with Crippen molar-refractivity contribution in [2.24, 2.45) is 17.3 Å². The summed E-state index contributed by atoms with van der Waals surface area (Å²) in [6.45, 7) is 10.00. The molecule has 3 rings (SSSR count). The van der Waals surface area contributed by atoms with Crippen molar-refractivity contribution in [2.75, 3.05) is 6.61 Å². The molecule has 1 N–H and O–H groups in total. The quantitative estimate of drug-likeness (QED) is 0.482. The zero-order chi connectivity index (χ0) is 22.8. The second-order valence-electron chi connectivity index (χ2n) is 9.46. The van der Waals surface area contributed by atoms with Crippen LogP contribution in [0.4, 0.5) is 0 Å². The lowest BCUT2D eigenvalue weighted by Gasteiger charge is -2.54. The van der Waals surface area contributed by atoms with Crippen molar-refractivity contribution < 1.29 is 9.90 Å². The SMILES string of the molecule is C=CC[C@@]1(C)C[C@H](c2cccc(Cl)c2)[C@@H](C2C=CC(Cl)=CC2)N([C@H](CO)C(C)C)C1=O. The molecule has 1 aliphatic carbocycles. The number of aliphatic hydroxyl groups is 1. The molecule has 0 aromatic heterocycles. The molecular weight excluding hydrogens is 429 g/mol. The van der Waals surface area contributed by atoms with Crippen LogP contribution in [0.1, 0.15) is 51.5 Å². The van der Waals surface area contributed by atoms with Gasteiger partial charge in [0.1, 0.15) is 0 Å². The van der Waals surface area contributed by atoms with Crippen molar-refractivity contribution >= 4 is 29.1 Å². The van der Waals surface area contributed by atoms with Gasteiger partial charge >= 0.3 is 0 Å². The van der Waals surface area contributed by atoms with E-state index in [0.717, 1.165) is 17.0 Å². The van der Waals surface area contributed by atoms with Crippen molar-refractivity contribution in [1.82, 2.24) is 4.90 Å². The van der Waals surface area contributed by atoms with E-state index < -0.39 is 5.41 Å². The Morgan fingerprint density at radius 2 is 2.10 bits per heavy atom. The molecule has 5 atom stereocenters. The van der Waals surface area contributed by atoms with Crippen molar-refractivity contribution in [3.05, 3.63) is 70.8 Å². The van der Waals surface area contributed by atoms with Gasteiger partial charge < -0.3 is 10.0 Å². The number of allylic oxidation sites excluding steroid dienone is 4. The highest BCUT2D eigenvalue weighted by molar-refractivity contribution is 6.31. The number of nitrogens with zero attached hydrogens (tertiary/aromatic N) is 1. The van der Waals surface area contributed by atoms with Gasteiger partial charge in [-0.1, -0.05) is 74.3 Å². The molecule has 0 radical (unpaired) electrons. The van der Waals surface area contributed by atoms with Gasteiger partial charge in [-0.05, 0) is 49.0 Å². The lowest BCUT2D eigenvalue weighted by Crippen LogP contribution is -2.63. The number of amides is 1. The number of piperidine rings is 1. The van der Waals surface area contributed by atoms with E-state index in [4.69, 9.17) is 23.2 Å². The molecular formula is C26H33Cl2NO2. The molecule has 5 heteroatoms. The van der Waals surface area contributed by atoms with E-state index in [1.165, 1.54) is 0 Å². The Labute approximate surface area is 196 Å². The van der Waals surface area contributed by atoms with Gasteiger partial charge in [-0.15, -0.1) is 6.58 Å². The van der Waals surface area contributed by atoms with E-state index in [1.54, 1.807) is 0 Å². The minimum Gasteiger partial charge on any atom is -0.394 e. The number of rotatable bonds is 7. The van der Waals surface area contributed by atoms with Crippen LogP contribution < -0.4 is 0 Å². The first-order chi connectivity index (χ1) is 14.7. The normalized spacial score (nSPS) is 29.8. The summed E-state index contributed by atoms with van der Waals surface area (Å²) in [5.41, 5.74) is 0.541. The van der Waals surface area contributed by atoms with Gasteiger partial charge in [0.05, 0.1) is 18.1 Å². The third kappa shape index (κ3) is 4.94. The van der Waals surface area contributed by atoms with Gasteiger partial charge in [0, 0.05) is 27.9 Å². The first-order valence-electron chi connectivity index (χ1n) is 11.1. The van der Waals surface area contributed by atoms with E-state index >= 15 is 0 Å². The second-order valence-corrected chi connectivity index (χ2v) is 10.3. The molecule has 1 aromatic carbocycles. The summed E-state index contributed by atoms with van der Waals surface area (Å²) in [6.07, 6.45) is 9.95. The zero-order valence-electron chi connectivity index (χ0n) is 18.6. The highest BCUT2D eigenvalue weighted by Crippen LogP contribution is 2.49. The van der Waals surface area contributed by atoms with Crippen LogP contribution >= 0.6 is 23.2 Å². The van der Waals surface area contributed by atoms with Gasteiger partial charge in [0.25, 0.3) is 0 Å². The van der Waals surface area contributed by atoms with Crippen LogP contribution in [0.25, 0.3) is 0 Å². The van der Waals surface area contributed by atoms with Crippen molar-refractivity contribution in [3.63, 3.8) is 0 Å². The van der Waals surface area contributed by atoms with Crippen LogP contribution in [0, 0.1) is 17.3 Å². The van der Waals surface area contributed by atoms with E-state index in [9.17, 15) is 9.90 Å². The fourth-order valence-electron chi connectivity index (χ4n) is 5.24. The van der Waals surface area contributed by atoms with Crippen molar-refractivity contribution in [1.29, 1.82) is 0 Å². The second kappa shape index (κ2) is 9.94. The van der Waals surface area contributed by atoms with E-state index in [0.29, 0.717) is 17.9 Å². The number of carbonyl (C=O) groups is 1. The predicted octanol–water partition coefficient (Wildman–Crippen LogP) is 6.32. The van der Waals surface area contributed by atoms with E-state index in [1.807, 2.05) is 48.3 Å². The molecule has 1 amide bonds. The molecule has 0 bridgehead atoms. The Hall–Kier alpha value is -1.55. The van der Waals surface area contributed by atoms with Gasteiger partial charge in [0.15, 0.2) is 0 Å². The number of aliphatic hydroxyl groups excluding tert-OH is 1. The lowest BCUT2D eigenvalue weighted by molar-refractivity contribution is -0.158. The maximum Gasteiger partial charge on any atom is 0.229 e.